The largest absolute Gasteiger partial charge is 0.350 e. The lowest BCUT2D eigenvalue weighted by Gasteiger charge is -2.26. The third kappa shape index (κ3) is 1.54. The van der Waals surface area contributed by atoms with E-state index in [1.165, 1.54) is 4.90 Å². The van der Waals surface area contributed by atoms with Crippen molar-refractivity contribution in [1.29, 1.82) is 0 Å². The Bertz CT molecular complexity index is 647. The van der Waals surface area contributed by atoms with Gasteiger partial charge in [0, 0.05) is 37.8 Å². The molecular weight excluding hydrogens is 232 g/mol. The number of imide groups is 1. The Kier molecular flexibility index (Phi) is 2.29. The average molecular weight is 244 g/mol. The van der Waals surface area contributed by atoms with Crippen molar-refractivity contribution < 1.29 is 9.59 Å². The molecule has 0 saturated carbocycles. The number of pyridine rings is 1. The summed E-state index contributed by atoms with van der Waals surface area (Å²) in [5.41, 5.74) is 1.00. The molecule has 0 spiro atoms. The van der Waals surface area contributed by atoms with Crippen LogP contribution in [-0.2, 0) is 11.8 Å². The number of urea groups is 1. The molecule has 1 aliphatic heterocycles. The molecule has 1 N–H and O–H groups in total. The Balaban J connectivity index is 2.09. The minimum absolute atomic E-state index is 0.239. The molecule has 2 aromatic rings. The van der Waals surface area contributed by atoms with E-state index in [0.29, 0.717) is 18.8 Å². The molecule has 92 valence electrons. The predicted molar refractivity (Wildman–Crippen MR) is 66.2 cm³/mol. The van der Waals surface area contributed by atoms with Gasteiger partial charge in [0.15, 0.2) is 0 Å². The number of hydrogen-bond acceptors (Lipinski definition) is 3. The van der Waals surface area contributed by atoms with Crippen LogP contribution in [0.3, 0.4) is 0 Å². The van der Waals surface area contributed by atoms with Crippen LogP contribution in [0, 0.1) is 0 Å². The van der Waals surface area contributed by atoms with E-state index in [1.807, 2.05) is 29.9 Å². The first-order valence-corrected chi connectivity index (χ1v) is 5.68. The number of hydrogen-bond donors (Lipinski definition) is 1. The lowest BCUT2D eigenvalue weighted by Crippen LogP contribution is -2.49. The van der Waals surface area contributed by atoms with Crippen LogP contribution >= 0.6 is 0 Å². The second kappa shape index (κ2) is 3.83. The van der Waals surface area contributed by atoms with Gasteiger partial charge in [0.1, 0.15) is 5.82 Å². The average Bonchev–Trinajstić information content (AvgIpc) is 2.72. The lowest BCUT2D eigenvalue weighted by atomic mass is 10.2. The molecule has 0 aliphatic carbocycles. The van der Waals surface area contributed by atoms with Gasteiger partial charge in [-0.1, -0.05) is 0 Å². The standard InChI is InChI=1S/C12H12N4O2/c1-15-6-3-8-9(15)2-5-13-11(8)16-7-4-10(17)14-12(16)18/h2-3,5-6H,4,7H2,1H3,(H,14,17,18). The van der Waals surface area contributed by atoms with E-state index in [-0.39, 0.29) is 5.91 Å². The highest BCUT2D eigenvalue weighted by atomic mass is 16.2. The number of nitrogens with one attached hydrogen (secondary N) is 1. The Morgan fingerprint density at radius 1 is 1.33 bits per heavy atom. The molecule has 18 heavy (non-hydrogen) atoms. The third-order valence-corrected chi connectivity index (χ3v) is 3.10. The highest BCUT2D eigenvalue weighted by molar-refractivity contribution is 6.08. The Morgan fingerprint density at radius 3 is 2.94 bits per heavy atom. The van der Waals surface area contributed by atoms with Crippen molar-refractivity contribution in [1.82, 2.24) is 14.9 Å². The number of carbonyl (C=O) groups is 2. The van der Waals surface area contributed by atoms with Crippen LogP contribution < -0.4 is 10.2 Å². The van der Waals surface area contributed by atoms with Gasteiger partial charge in [0.05, 0.1) is 5.52 Å². The molecule has 0 radical (unpaired) electrons. The van der Waals surface area contributed by atoms with Gasteiger partial charge < -0.3 is 4.57 Å². The summed E-state index contributed by atoms with van der Waals surface area (Å²) in [5.74, 6) is 0.356. The van der Waals surface area contributed by atoms with E-state index in [1.54, 1.807) is 6.20 Å². The van der Waals surface area contributed by atoms with Gasteiger partial charge in [-0.25, -0.2) is 9.78 Å². The molecule has 6 heteroatoms. The number of fused-ring (bicyclic) bond motifs is 1. The predicted octanol–water partition coefficient (Wildman–Crippen LogP) is 1.02. The van der Waals surface area contributed by atoms with Crippen molar-refractivity contribution in [2.24, 2.45) is 7.05 Å². The Hall–Kier alpha value is -2.37. The van der Waals surface area contributed by atoms with E-state index >= 15 is 0 Å². The molecule has 3 rings (SSSR count). The van der Waals surface area contributed by atoms with E-state index in [4.69, 9.17) is 0 Å². The molecule has 3 amide bonds. The molecule has 0 unspecified atom stereocenters. The summed E-state index contributed by atoms with van der Waals surface area (Å²) < 4.78 is 1.97. The van der Waals surface area contributed by atoms with Crippen LogP contribution in [0.5, 0.6) is 0 Å². The van der Waals surface area contributed by atoms with Crippen LogP contribution in [-0.4, -0.2) is 28.0 Å². The highest BCUT2D eigenvalue weighted by Gasteiger charge is 2.26. The van der Waals surface area contributed by atoms with Crippen molar-refractivity contribution in [3.63, 3.8) is 0 Å². The lowest BCUT2D eigenvalue weighted by molar-refractivity contribution is -0.120. The first-order chi connectivity index (χ1) is 8.66. The van der Waals surface area contributed by atoms with E-state index in [0.717, 1.165) is 10.9 Å². The summed E-state index contributed by atoms with van der Waals surface area (Å²) >= 11 is 0. The van der Waals surface area contributed by atoms with Gasteiger partial charge in [0.2, 0.25) is 5.91 Å². The number of aromatic nitrogens is 2. The van der Waals surface area contributed by atoms with Crippen LogP contribution in [0.25, 0.3) is 10.9 Å². The molecule has 0 atom stereocenters. The van der Waals surface area contributed by atoms with Crippen molar-refractivity contribution in [3.8, 4) is 0 Å². The molecule has 3 heterocycles. The normalized spacial score (nSPS) is 16.2. The van der Waals surface area contributed by atoms with Crippen LogP contribution in [0.2, 0.25) is 0 Å². The van der Waals surface area contributed by atoms with Crippen molar-refractivity contribution in [2.75, 3.05) is 11.4 Å². The Morgan fingerprint density at radius 2 is 2.17 bits per heavy atom. The van der Waals surface area contributed by atoms with Gasteiger partial charge in [-0.15, -0.1) is 0 Å². The summed E-state index contributed by atoms with van der Waals surface area (Å²) in [6, 6.07) is 3.41. The number of amides is 3. The fourth-order valence-corrected chi connectivity index (χ4v) is 2.17. The zero-order valence-corrected chi connectivity index (χ0v) is 9.88. The topological polar surface area (TPSA) is 67.2 Å². The monoisotopic (exact) mass is 244 g/mol. The number of anilines is 1. The molecule has 6 nitrogen and oxygen atoms in total. The van der Waals surface area contributed by atoms with Crippen molar-refractivity contribution in [3.05, 3.63) is 24.5 Å². The van der Waals surface area contributed by atoms with E-state index < -0.39 is 6.03 Å². The molecule has 2 aromatic heterocycles. The first-order valence-electron chi connectivity index (χ1n) is 5.68. The van der Waals surface area contributed by atoms with Crippen LogP contribution in [0.1, 0.15) is 6.42 Å². The van der Waals surface area contributed by atoms with E-state index in [2.05, 4.69) is 10.3 Å². The molecule has 1 fully saturated rings. The van der Waals surface area contributed by atoms with Crippen molar-refractivity contribution in [2.45, 2.75) is 6.42 Å². The molecule has 0 aromatic carbocycles. The third-order valence-electron chi connectivity index (χ3n) is 3.10. The van der Waals surface area contributed by atoms with Gasteiger partial charge in [-0.05, 0) is 12.1 Å². The minimum atomic E-state index is -0.407. The number of nitrogens with zero attached hydrogens (tertiary/aromatic N) is 3. The summed E-state index contributed by atoms with van der Waals surface area (Å²) in [5, 5.41) is 3.21. The maximum absolute atomic E-state index is 11.8. The SMILES string of the molecule is Cn1ccc2c(N3CCC(=O)NC3=O)nccc21. The number of carbonyl (C=O) groups excluding carboxylic acids is 2. The molecule has 0 bridgehead atoms. The number of aryl methyl sites for hydroxylation is 1. The minimum Gasteiger partial charge on any atom is -0.350 e. The molecular formula is C12H12N4O2. The van der Waals surface area contributed by atoms with Crippen LogP contribution in [0.4, 0.5) is 10.6 Å². The zero-order valence-electron chi connectivity index (χ0n) is 9.88. The highest BCUT2D eigenvalue weighted by Crippen LogP contribution is 2.25. The van der Waals surface area contributed by atoms with Gasteiger partial charge >= 0.3 is 6.03 Å². The maximum Gasteiger partial charge on any atom is 0.329 e. The van der Waals surface area contributed by atoms with Gasteiger partial charge in [-0.2, -0.15) is 0 Å². The Labute approximate surface area is 103 Å². The smallest absolute Gasteiger partial charge is 0.329 e. The second-order valence-electron chi connectivity index (χ2n) is 4.25. The van der Waals surface area contributed by atoms with Gasteiger partial charge in [0.25, 0.3) is 0 Å². The fourth-order valence-electron chi connectivity index (χ4n) is 2.17. The second-order valence-corrected chi connectivity index (χ2v) is 4.25. The fraction of sp³-hybridized carbons (Fsp3) is 0.250. The number of rotatable bonds is 1. The first kappa shape index (κ1) is 10.8. The summed E-state index contributed by atoms with van der Waals surface area (Å²) in [7, 11) is 1.94. The summed E-state index contributed by atoms with van der Waals surface area (Å²) in [4.78, 5) is 28.7. The van der Waals surface area contributed by atoms with Gasteiger partial charge in [-0.3, -0.25) is 15.0 Å². The summed E-state index contributed by atoms with van der Waals surface area (Å²) in [6.45, 7) is 0.367. The maximum atomic E-state index is 11.8. The molecule has 1 aliphatic rings. The zero-order chi connectivity index (χ0) is 12.7. The van der Waals surface area contributed by atoms with Crippen LogP contribution in [0.15, 0.2) is 24.5 Å². The molecule has 1 saturated heterocycles. The van der Waals surface area contributed by atoms with Crippen molar-refractivity contribution >= 4 is 28.7 Å². The quantitative estimate of drug-likeness (QED) is 0.814. The van der Waals surface area contributed by atoms with E-state index in [9.17, 15) is 9.59 Å². The summed E-state index contributed by atoms with van der Waals surface area (Å²) in [6.07, 6.45) is 3.89.